The smallest absolute Gasteiger partial charge is 0.336 e. The molecular weight excluding hydrogens is 396 g/mol. The van der Waals surface area contributed by atoms with Crippen LogP contribution in [0, 0.1) is 13.8 Å². The third-order valence-corrected chi connectivity index (χ3v) is 6.70. The topological polar surface area (TPSA) is 89.3 Å². The molecular formula is C28H24N2O2. The highest BCUT2D eigenvalue weighted by atomic mass is 16.4. The Morgan fingerprint density at radius 3 is 1.88 bits per heavy atom. The van der Waals surface area contributed by atoms with E-state index in [1.54, 1.807) is 6.07 Å². The standard InChI is InChI=1S/C28H24N2O2/c1-16-14-18(10-12-24(16)29)28(19-11-13-25(30)17(2)15-19)22-8-4-3-6-20(22)26-21(27(31)32)7-5-9-23(26)28/h3-15H,29-30H2,1-2H3,(H,31,32). The lowest BCUT2D eigenvalue weighted by atomic mass is 9.67. The summed E-state index contributed by atoms with van der Waals surface area (Å²) in [6, 6.07) is 25.8. The van der Waals surface area contributed by atoms with Gasteiger partial charge in [-0.3, -0.25) is 0 Å². The molecule has 0 atom stereocenters. The number of carboxylic acid groups (broad SMARTS) is 1. The summed E-state index contributed by atoms with van der Waals surface area (Å²) >= 11 is 0. The van der Waals surface area contributed by atoms with Gasteiger partial charge >= 0.3 is 5.97 Å². The highest BCUT2D eigenvalue weighted by Crippen LogP contribution is 2.57. The number of nitrogens with two attached hydrogens (primary N) is 2. The van der Waals surface area contributed by atoms with E-state index in [2.05, 4.69) is 18.2 Å². The molecule has 4 heteroatoms. The molecule has 0 spiro atoms. The molecule has 0 unspecified atom stereocenters. The van der Waals surface area contributed by atoms with E-state index in [1.807, 2.05) is 68.4 Å². The zero-order chi connectivity index (χ0) is 22.6. The molecule has 4 aromatic carbocycles. The Morgan fingerprint density at radius 1 is 0.750 bits per heavy atom. The predicted molar refractivity (Wildman–Crippen MR) is 129 cm³/mol. The second-order valence-electron chi connectivity index (χ2n) is 8.47. The number of carboxylic acids is 1. The number of anilines is 2. The fraction of sp³-hybridized carbons (Fsp3) is 0.107. The molecule has 5 rings (SSSR count). The summed E-state index contributed by atoms with van der Waals surface area (Å²) in [6.45, 7) is 3.99. The molecule has 0 aromatic heterocycles. The number of benzene rings is 4. The quantitative estimate of drug-likeness (QED) is 0.335. The molecule has 0 amide bonds. The van der Waals surface area contributed by atoms with Crippen LogP contribution in [0.15, 0.2) is 78.9 Å². The van der Waals surface area contributed by atoms with E-state index in [0.717, 1.165) is 55.9 Å². The highest BCUT2D eigenvalue weighted by Gasteiger charge is 2.47. The first-order valence-corrected chi connectivity index (χ1v) is 10.6. The first-order valence-electron chi connectivity index (χ1n) is 10.6. The normalized spacial score (nSPS) is 13.4. The first-order chi connectivity index (χ1) is 15.4. The molecule has 158 valence electrons. The second kappa shape index (κ2) is 6.99. The van der Waals surface area contributed by atoms with Crippen molar-refractivity contribution in [3.05, 3.63) is 118 Å². The lowest BCUT2D eigenvalue weighted by Gasteiger charge is -2.34. The van der Waals surface area contributed by atoms with Crippen molar-refractivity contribution < 1.29 is 9.90 Å². The molecule has 32 heavy (non-hydrogen) atoms. The average molecular weight is 421 g/mol. The lowest BCUT2D eigenvalue weighted by Crippen LogP contribution is -2.29. The average Bonchev–Trinajstić information content (AvgIpc) is 3.09. The molecule has 0 saturated heterocycles. The maximum Gasteiger partial charge on any atom is 0.336 e. The molecule has 4 nitrogen and oxygen atoms in total. The molecule has 1 aliphatic carbocycles. The van der Waals surface area contributed by atoms with Crippen LogP contribution in [0.5, 0.6) is 0 Å². The van der Waals surface area contributed by atoms with Crippen molar-refractivity contribution >= 4 is 17.3 Å². The monoisotopic (exact) mass is 420 g/mol. The predicted octanol–water partition coefficient (Wildman–Crippen LogP) is 5.53. The maximum absolute atomic E-state index is 12.2. The zero-order valence-corrected chi connectivity index (χ0v) is 18.0. The lowest BCUT2D eigenvalue weighted by molar-refractivity contribution is 0.0697. The Morgan fingerprint density at radius 2 is 1.31 bits per heavy atom. The minimum atomic E-state index is -0.936. The van der Waals surface area contributed by atoms with Gasteiger partial charge in [0.1, 0.15) is 0 Å². The fourth-order valence-electron chi connectivity index (χ4n) is 5.11. The van der Waals surface area contributed by atoms with Gasteiger partial charge in [-0.15, -0.1) is 0 Å². The van der Waals surface area contributed by atoms with Crippen LogP contribution < -0.4 is 11.5 Å². The van der Waals surface area contributed by atoms with E-state index >= 15 is 0 Å². The van der Waals surface area contributed by atoms with Gasteiger partial charge in [-0.1, -0.05) is 60.7 Å². The molecule has 1 aliphatic rings. The summed E-state index contributed by atoms with van der Waals surface area (Å²) < 4.78 is 0. The minimum absolute atomic E-state index is 0.302. The minimum Gasteiger partial charge on any atom is -0.478 e. The summed E-state index contributed by atoms with van der Waals surface area (Å²) in [6.07, 6.45) is 0. The summed E-state index contributed by atoms with van der Waals surface area (Å²) in [5.74, 6) is -0.936. The SMILES string of the molecule is Cc1cc(C2(c3ccc(N)c(C)c3)c3ccccc3-c3c(C(=O)O)cccc32)ccc1N. The van der Waals surface area contributed by atoms with Crippen molar-refractivity contribution in [3.63, 3.8) is 0 Å². The molecule has 0 saturated carbocycles. The Kier molecular flexibility index (Phi) is 4.34. The Balaban J connectivity index is 2.00. The summed E-state index contributed by atoms with van der Waals surface area (Å²) in [7, 11) is 0. The molecule has 0 radical (unpaired) electrons. The summed E-state index contributed by atoms with van der Waals surface area (Å²) in [5, 5.41) is 10.0. The van der Waals surface area contributed by atoms with Crippen LogP contribution in [0.25, 0.3) is 11.1 Å². The number of hydrogen-bond donors (Lipinski definition) is 3. The molecule has 0 heterocycles. The third kappa shape index (κ3) is 2.59. The van der Waals surface area contributed by atoms with Crippen LogP contribution in [-0.2, 0) is 5.41 Å². The van der Waals surface area contributed by atoms with Gasteiger partial charge in [0.25, 0.3) is 0 Å². The highest BCUT2D eigenvalue weighted by molar-refractivity contribution is 6.01. The fourth-order valence-corrected chi connectivity index (χ4v) is 5.11. The van der Waals surface area contributed by atoms with Gasteiger partial charge in [0.15, 0.2) is 0 Å². The maximum atomic E-state index is 12.2. The first kappa shape index (κ1) is 19.9. The number of aromatic carboxylic acids is 1. The Bertz CT molecular complexity index is 1350. The van der Waals surface area contributed by atoms with Crippen molar-refractivity contribution in [3.8, 4) is 11.1 Å². The number of fused-ring (bicyclic) bond motifs is 3. The van der Waals surface area contributed by atoms with Gasteiger partial charge in [-0.2, -0.15) is 0 Å². The van der Waals surface area contributed by atoms with Crippen molar-refractivity contribution in [1.29, 1.82) is 0 Å². The molecule has 0 aliphatic heterocycles. The molecule has 5 N–H and O–H groups in total. The van der Waals surface area contributed by atoms with Gasteiger partial charge < -0.3 is 16.6 Å². The van der Waals surface area contributed by atoms with E-state index in [1.165, 1.54) is 0 Å². The van der Waals surface area contributed by atoms with E-state index in [0.29, 0.717) is 5.56 Å². The number of carbonyl (C=O) groups is 1. The van der Waals surface area contributed by atoms with E-state index in [-0.39, 0.29) is 0 Å². The van der Waals surface area contributed by atoms with E-state index in [4.69, 9.17) is 11.5 Å². The summed E-state index contributed by atoms with van der Waals surface area (Å²) in [4.78, 5) is 12.2. The van der Waals surface area contributed by atoms with Gasteiger partial charge in [0.2, 0.25) is 0 Å². The third-order valence-electron chi connectivity index (χ3n) is 6.70. The van der Waals surface area contributed by atoms with E-state index in [9.17, 15) is 9.90 Å². The number of hydrogen-bond acceptors (Lipinski definition) is 3. The second-order valence-corrected chi connectivity index (χ2v) is 8.47. The largest absolute Gasteiger partial charge is 0.478 e. The molecule has 4 aromatic rings. The van der Waals surface area contributed by atoms with Gasteiger partial charge in [0, 0.05) is 16.9 Å². The Hall–Kier alpha value is -4.05. The van der Waals surface area contributed by atoms with Crippen molar-refractivity contribution in [2.45, 2.75) is 19.3 Å². The van der Waals surface area contributed by atoms with Crippen molar-refractivity contribution in [2.24, 2.45) is 0 Å². The molecule has 0 fully saturated rings. The van der Waals surface area contributed by atoms with Gasteiger partial charge in [-0.25, -0.2) is 4.79 Å². The van der Waals surface area contributed by atoms with Gasteiger partial charge in [-0.05, 0) is 71.0 Å². The van der Waals surface area contributed by atoms with E-state index < -0.39 is 11.4 Å². The molecule has 0 bridgehead atoms. The van der Waals surface area contributed by atoms with Crippen LogP contribution in [0.4, 0.5) is 11.4 Å². The van der Waals surface area contributed by atoms with Crippen LogP contribution in [0.3, 0.4) is 0 Å². The van der Waals surface area contributed by atoms with Crippen molar-refractivity contribution in [1.82, 2.24) is 0 Å². The number of nitrogen functional groups attached to an aromatic ring is 2. The van der Waals surface area contributed by atoms with Crippen molar-refractivity contribution in [2.75, 3.05) is 11.5 Å². The van der Waals surface area contributed by atoms with Crippen LogP contribution in [0.1, 0.15) is 43.7 Å². The van der Waals surface area contributed by atoms with Crippen LogP contribution >= 0.6 is 0 Å². The van der Waals surface area contributed by atoms with Crippen LogP contribution in [-0.4, -0.2) is 11.1 Å². The van der Waals surface area contributed by atoms with Crippen LogP contribution in [0.2, 0.25) is 0 Å². The number of rotatable bonds is 3. The Labute approximate surface area is 187 Å². The number of aryl methyl sites for hydroxylation is 2. The zero-order valence-electron chi connectivity index (χ0n) is 18.0. The van der Waals surface area contributed by atoms with Gasteiger partial charge in [0.05, 0.1) is 11.0 Å². The summed E-state index contributed by atoms with van der Waals surface area (Å²) in [5.41, 5.74) is 21.2.